The van der Waals surface area contributed by atoms with Crippen LogP contribution in [0.25, 0.3) is 0 Å². The summed E-state index contributed by atoms with van der Waals surface area (Å²) < 4.78 is 99.2. The molecule has 0 N–H and O–H groups in total. The van der Waals surface area contributed by atoms with Crippen LogP contribution in [-0.2, 0) is 33.2 Å². The maximum Gasteiger partial charge on any atom is 0.416 e. The highest BCUT2D eigenvalue weighted by Gasteiger charge is 2.41. The molecule has 2 aromatic rings. The van der Waals surface area contributed by atoms with Crippen molar-refractivity contribution in [2.24, 2.45) is 11.8 Å². The van der Waals surface area contributed by atoms with Crippen LogP contribution in [-0.4, -0.2) is 55.0 Å². The van der Waals surface area contributed by atoms with Crippen LogP contribution in [0, 0.1) is 24.6 Å². The Hall–Kier alpha value is -3.15. The molecule has 218 valence electrons. The number of likely N-dealkylation sites (tertiary alicyclic amines) is 1. The van der Waals surface area contributed by atoms with E-state index in [0.717, 1.165) is 4.90 Å². The lowest BCUT2D eigenvalue weighted by Gasteiger charge is -2.40. The number of carbonyl (C=O) groups excluding carboxylic acids is 2. The monoisotopic (exact) mass is 574 g/mol. The van der Waals surface area contributed by atoms with Gasteiger partial charge < -0.3 is 14.5 Å². The molecule has 3 atom stereocenters. The molecule has 2 saturated heterocycles. The zero-order valence-electron chi connectivity index (χ0n) is 21.9. The third-order valence-corrected chi connectivity index (χ3v) is 7.60. The van der Waals surface area contributed by atoms with E-state index < -0.39 is 53.6 Å². The van der Waals surface area contributed by atoms with Crippen LogP contribution < -0.4 is 0 Å². The Morgan fingerprint density at radius 1 is 1.00 bits per heavy atom. The fourth-order valence-corrected chi connectivity index (χ4v) is 5.55. The van der Waals surface area contributed by atoms with Gasteiger partial charge in [-0.25, -0.2) is 4.39 Å². The molecule has 2 fully saturated rings. The van der Waals surface area contributed by atoms with Gasteiger partial charge in [0.2, 0.25) is 11.8 Å². The average Bonchev–Trinajstić information content (AvgIpc) is 3.41. The van der Waals surface area contributed by atoms with Crippen LogP contribution in [0.3, 0.4) is 0 Å². The fourth-order valence-electron chi connectivity index (χ4n) is 5.55. The summed E-state index contributed by atoms with van der Waals surface area (Å²) in [6.45, 7) is 2.38. The summed E-state index contributed by atoms with van der Waals surface area (Å²) in [6, 6.07) is 5.36. The predicted molar refractivity (Wildman–Crippen MR) is 130 cm³/mol. The van der Waals surface area contributed by atoms with E-state index in [1.54, 1.807) is 17.9 Å². The van der Waals surface area contributed by atoms with Crippen LogP contribution in [0.1, 0.15) is 46.6 Å². The standard InChI is InChI=1S/C28H29F7N2O3/c1-16-9-21(29)3-4-22(16)24-14-37(25(38)18-6-8-40-15-18)7-5-23(24)26(39)36(2)13-17-10-19(27(30,31)32)12-20(11-17)28(33,34)35/h3-4,9-12,18,23-24H,5-8,13-15H2,1-2H3/t18?,23-,24+/m1/s1. The van der Waals surface area contributed by atoms with Crippen LogP contribution in [0.4, 0.5) is 30.7 Å². The Balaban J connectivity index is 1.61. The Kier molecular flexibility index (Phi) is 8.49. The van der Waals surface area contributed by atoms with Crippen molar-refractivity contribution < 1.29 is 45.1 Å². The second-order valence-corrected chi connectivity index (χ2v) is 10.5. The van der Waals surface area contributed by atoms with E-state index in [-0.39, 0.29) is 43.0 Å². The molecule has 0 bridgehead atoms. The Bertz CT molecular complexity index is 1220. The van der Waals surface area contributed by atoms with E-state index in [2.05, 4.69) is 0 Å². The number of rotatable bonds is 5. The molecule has 2 heterocycles. The van der Waals surface area contributed by atoms with Crippen molar-refractivity contribution >= 4 is 11.8 Å². The zero-order valence-corrected chi connectivity index (χ0v) is 21.9. The first-order valence-electron chi connectivity index (χ1n) is 12.8. The number of alkyl halides is 6. The molecule has 2 aromatic carbocycles. The maximum absolute atomic E-state index is 13.9. The van der Waals surface area contributed by atoms with E-state index in [1.807, 2.05) is 0 Å². The molecular weight excluding hydrogens is 545 g/mol. The third-order valence-electron chi connectivity index (χ3n) is 7.60. The quantitative estimate of drug-likeness (QED) is 0.425. The Labute approximate surface area is 226 Å². The molecule has 12 heteroatoms. The van der Waals surface area contributed by atoms with E-state index in [0.29, 0.717) is 42.9 Å². The molecule has 2 aliphatic heterocycles. The van der Waals surface area contributed by atoms with Gasteiger partial charge in [-0.15, -0.1) is 0 Å². The molecule has 0 spiro atoms. The normalized spacial score (nSPS) is 21.9. The second-order valence-electron chi connectivity index (χ2n) is 10.5. The number of benzene rings is 2. The van der Waals surface area contributed by atoms with E-state index in [4.69, 9.17) is 4.74 Å². The number of hydrogen-bond acceptors (Lipinski definition) is 3. The molecule has 1 unspecified atom stereocenters. The van der Waals surface area contributed by atoms with Gasteiger partial charge in [-0.2, -0.15) is 26.3 Å². The number of piperidine rings is 1. The van der Waals surface area contributed by atoms with Crippen molar-refractivity contribution in [1.29, 1.82) is 0 Å². The van der Waals surface area contributed by atoms with Crippen molar-refractivity contribution in [3.05, 3.63) is 70.0 Å². The van der Waals surface area contributed by atoms with E-state index >= 15 is 0 Å². The smallest absolute Gasteiger partial charge is 0.381 e. The molecule has 2 aliphatic rings. The highest BCUT2D eigenvalue weighted by atomic mass is 19.4. The summed E-state index contributed by atoms with van der Waals surface area (Å²) in [5, 5.41) is 0. The van der Waals surface area contributed by atoms with Crippen molar-refractivity contribution in [2.75, 3.05) is 33.4 Å². The van der Waals surface area contributed by atoms with Crippen LogP contribution in [0.5, 0.6) is 0 Å². The third kappa shape index (κ3) is 6.59. The van der Waals surface area contributed by atoms with Crippen molar-refractivity contribution in [2.45, 2.75) is 44.6 Å². The molecule has 0 saturated carbocycles. The van der Waals surface area contributed by atoms with E-state index in [1.165, 1.54) is 19.2 Å². The molecule has 40 heavy (non-hydrogen) atoms. The van der Waals surface area contributed by atoms with Crippen molar-refractivity contribution in [3.8, 4) is 0 Å². The molecule has 0 aromatic heterocycles. The lowest BCUT2D eigenvalue weighted by atomic mass is 9.78. The summed E-state index contributed by atoms with van der Waals surface area (Å²) >= 11 is 0. The van der Waals surface area contributed by atoms with Gasteiger partial charge in [-0.05, 0) is 66.8 Å². The number of nitrogens with zero attached hydrogens (tertiary/aromatic N) is 2. The van der Waals surface area contributed by atoms with Gasteiger partial charge in [-0.1, -0.05) is 6.07 Å². The summed E-state index contributed by atoms with van der Waals surface area (Å²) in [4.78, 5) is 29.5. The van der Waals surface area contributed by atoms with Gasteiger partial charge in [0, 0.05) is 45.1 Å². The minimum absolute atomic E-state index is 0.0424. The van der Waals surface area contributed by atoms with Crippen molar-refractivity contribution in [1.82, 2.24) is 9.80 Å². The number of amides is 2. The number of aryl methyl sites for hydroxylation is 1. The highest BCUT2D eigenvalue weighted by molar-refractivity contribution is 5.82. The van der Waals surface area contributed by atoms with Gasteiger partial charge in [0.05, 0.1) is 23.7 Å². The minimum atomic E-state index is -5.01. The number of ether oxygens (including phenoxy) is 1. The van der Waals surface area contributed by atoms with Gasteiger partial charge in [-0.3, -0.25) is 9.59 Å². The predicted octanol–water partition coefficient (Wildman–Crippen LogP) is 5.80. The zero-order chi connectivity index (χ0) is 29.4. The SMILES string of the molecule is Cc1cc(F)ccc1[C@@H]1CN(C(=O)C2CCOC2)CC[C@H]1C(=O)N(C)Cc1cc(C(F)(F)F)cc(C(F)(F)F)c1. The summed E-state index contributed by atoms with van der Waals surface area (Å²) in [5.41, 5.74) is -2.02. The van der Waals surface area contributed by atoms with Crippen LogP contribution in [0.15, 0.2) is 36.4 Å². The number of halogens is 7. The average molecular weight is 575 g/mol. The lowest BCUT2D eigenvalue weighted by Crippen LogP contribution is -2.49. The molecule has 0 aliphatic carbocycles. The second kappa shape index (κ2) is 11.4. The number of hydrogen-bond donors (Lipinski definition) is 0. The first-order valence-corrected chi connectivity index (χ1v) is 12.8. The minimum Gasteiger partial charge on any atom is -0.381 e. The Morgan fingerprint density at radius 3 is 2.20 bits per heavy atom. The van der Waals surface area contributed by atoms with Gasteiger partial charge in [0.1, 0.15) is 5.82 Å². The summed E-state index contributed by atoms with van der Waals surface area (Å²) in [5.74, 6) is -2.65. The molecule has 5 nitrogen and oxygen atoms in total. The molecular formula is C28H29F7N2O3. The van der Waals surface area contributed by atoms with Gasteiger partial charge in [0.25, 0.3) is 0 Å². The van der Waals surface area contributed by atoms with Crippen LogP contribution >= 0.6 is 0 Å². The lowest BCUT2D eigenvalue weighted by molar-refractivity contribution is -0.144. The van der Waals surface area contributed by atoms with E-state index in [9.17, 15) is 40.3 Å². The topological polar surface area (TPSA) is 49.9 Å². The Morgan fingerprint density at radius 2 is 1.65 bits per heavy atom. The fraction of sp³-hybridized carbons (Fsp3) is 0.500. The maximum atomic E-state index is 13.9. The summed E-state index contributed by atoms with van der Waals surface area (Å²) in [7, 11) is 1.32. The molecule has 2 amide bonds. The van der Waals surface area contributed by atoms with Gasteiger partial charge >= 0.3 is 12.4 Å². The molecule has 4 rings (SSSR count). The first kappa shape index (κ1) is 29.8. The largest absolute Gasteiger partial charge is 0.416 e. The number of carbonyl (C=O) groups is 2. The molecule has 0 radical (unpaired) electrons. The van der Waals surface area contributed by atoms with Gasteiger partial charge in [0.15, 0.2) is 0 Å². The summed E-state index contributed by atoms with van der Waals surface area (Å²) in [6.07, 6.45) is -9.21. The first-order chi connectivity index (χ1) is 18.6. The van der Waals surface area contributed by atoms with Crippen molar-refractivity contribution in [3.63, 3.8) is 0 Å². The highest BCUT2D eigenvalue weighted by Crippen LogP contribution is 2.39. The van der Waals surface area contributed by atoms with Crippen LogP contribution in [0.2, 0.25) is 0 Å².